The van der Waals surface area contributed by atoms with Gasteiger partial charge < -0.3 is 10.1 Å². The van der Waals surface area contributed by atoms with E-state index in [2.05, 4.69) is 12.2 Å². The van der Waals surface area contributed by atoms with E-state index in [4.69, 9.17) is 4.74 Å². The van der Waals surface area contributed by atoms with Gasteiger partial charge in [0, 0.05) is 6.42 Å². The van der Waals surface area contributed by atoms with Gasteiger partial charge in [0.25, 0.3) is 0 Å². The van der Waals surface area contributed by atoms with E-state index in [0.717, 1.165) is 19.5 Å². The molecular weight excluding hydrogens is 202 g/mol. The quantitative estimate of drug-likeness (QED) is 0.736. The molecule has 1 saturated heterocycles. The highest BCUT2D eigenvalue weighted by Crippen LogP contribution is 2.22. The van der Waals surface area contributed by atoms with Crippen molar-refractivity contribution in [3.63, 3.8) is 0 Å². The van der Waals surface area contributed by atoms with Crippen LogP contribution in [-0.2, 0) is 9.53 Å². The molecule has 1 aliphatic heterocycles. The van der Waals surface area contributed by atoms with Crippen LogP contribution in [-0.4, -0.2) is 25.7 Å². The number of hydrogen-bond donors (Lipinski definition) is 1. The van der Waals surface area contributed by atoms with E-state index in [1.807, 2.05) is 6.92 Å². The number of esters is 1. The Hall–Kier alpha value is -0.280. The summed E-state index contributed by atoms with van der Waals surface area (Å²) in [7, 11) is 0. The topological polar surface area (TPSA) is 38.3 Å². The van der Waals surface area contributed by atoms with Crippen molar-refractivity contribution in [3.05, 3.63) is 0 Å². The van der Waals surface area contributed by atoms with E-state index < -0.39 is 0 Å². The summed E-state index contributed by atoms with van der Waals surface area (Å²) in [5.41, 5.74) is 0. The standard InChI is InChI=1S/C10H19NO2.ClH/c1-3-13-10(12)6-9-4-5-11-7-8(9)2;/h8-9,11H,3-7H2,1-2H3;1H. The number of carbonyl (C=O) groups excluding carboxylic acids is 1. The zero-order valence-electron chi connectivity index (χ0n) is 8.91. The van der Waals surface area contributed by atoms with Crippen LogP contribution < -0.4 is 5.32 Å². The van der Waals surface area contributed by atoms with Gasteiger partial charge >= 0.3 is 5.97 Å². The number of nitrogens with one attached hydrogen (secondary N) is 1. The fraction of sp³-hybridized carbons (Fsp3) is 0.900. The molecule has 0 aromatic heterocycles. The molecule has 0 saturated carbocycles. The first-order chi connectivity index (χ1) is 6.24. The molecule has 2 atom stereocenters. The zero-order valence-corrected chi connectivity index (χ0v) is 9.73. The second-order valence-electron chi connectivity index (χ2n) is 3.74. The Morgan fingerprint density at radius 3 is 2.86 bits per heavy atom. The summed E-state index contributed by atoms with van der Waals surface area (Å²) in [6, 6.07) is 0. The van der Waals surface area contributed by atoms with E-state index in [9.17, 15) is 4.79 Å². The Labute approximate surface area is 92.0 Å². The maximum Gasteiger partial charge on any atom is 0.306 e. The van der Waals surface area contributed by atoms with Gasteiger partial charge in [0.15, 0.2) is 0 Å². The molecule has 0 amide bonds. The number of hydrogen-bond acceptors (Lipinski definition) is 3. The molecule has 2 unspecified atom stereocenters. The SMILES string of the molecule is CCOC(=O)CC1CCNCC1C.Cl. The van der Waals surface area contributed by atoms with Crippen molar-refractivity contribution in [3.8, 4) is 0 Å². The highest BCUT2D eigenvalue weighted by molar-refractivity contribution is 5.85. The van der Waals surface area contributed by atoms with Crippen molar-refractivity contribution >= 4 is 18.4 Å². The summed E-state index contributed by atoms with van der Waals surface area (Å²) in [5.74, 6) is 1.07. The minimum absolute atomic E-state index is 0. The number of piperidine rings is 1. The Morgan fingerprint density at radius 2 is 2.29 bits per heavy atom. The van der Waals surface area contributed by atoms with Gasteiger partial charge in [-0.15, -0.1) is 12.4 Å². The van der Waals surface area contributed by atoms with E-state index in [-0.39, 0.29) is 18.4 Å². The van der Waals surface area contributed by atoms with E-state index in [1.165, 1.54) is 0 Å². The van der Waals surface area contributed by atoms with Crippen LogP contribution in [0.5, 0.6) is 0 Å². The number of rotatable bonds is 3. The third kappa shape index (κ3) is 4.29. The number of ether oxygens (including phenoxy) is 1. The van der Waals surface area contributed by atoms with Gasteiger partial charge in [-0.25, -0.2) is 0 Å². The van der Waals surface area contributed by atoms with Crippen LogP contribution >= 0.6 is 12.4 Å². The van der Waals surface area contributed by atoms with Crippen molar-refractivity contribution in [2.24, 2.45) is 11.8 Å². The molecule has 1 aliphatic rings. The molecular formula is C10H20ClNO2. The van der Waals surface area contributed by atoms with Crippen molar-refractivity contribution in [2.45, 2.75) is 26.7 Å². The summed E-state index contributed by atoms with van der Waals surface area (Å²) in [5, 5.41) is 3.32. The van der Waals surface area contributed by atoms with Gasteiger partial charge in [-0.05, 0) is 38.3 Å². The fourth-order valence-corrected chi connectivity index (χ4v) is 1.81. The zero-order chi connectivity index (χ0) is 9.68. The first kappa shape index (κ1) is 13.7. The Morgan fingerprint density at radius 1 is 1.57 bits per heavy atom. The number of carbonyl (C=O) groups is 1. The van der Waals surface area contributed by atoms with Crippen LogP contribution in [0.1, 0.15) is 26.7 Å². The second-order valence-corrected chi connectivity index (χ2v) is 3.74. The first-order valence-electron chi connectivity index (χ1n) is 5.10. The van der Waals surface area contributed by atoms with E-state index >= 15 is 0 Å². The predicted octanol–water partition coefficient (Wildman–Crippen LogP) is 1.61. The van der Waals surface area contributed by atoms with Crippen LogP contribution in [0.4, 0.5) is 0 Å². The summed E-state index contributed by atoms with van der Waals surface area (Å²) < 4.78 is 4.93. The molecule has 0 aliphatic carbocycles. The van der Waals surface area contributed by atoms with Gasteiger partial charge in [0.2, 0.25) is 0 Å². The Kier molecular flexibility index (Phi) is 6.93. The summed E-state index contributed by atoms with van der Waals surface area (Å²) in [6.07, 6.45) is 1.69. The average Bonchev–Trinajstić information content (AvgIpc) is 2.09. The lowest BCUT2D eigenvalue weighted by molar-refractivity contribution is -0.144. The molecule has 1 fully saturated rings. The van der Waals surface area contributed by atoms with Gasteiger partial charge in [-0.3, -0.25) is 4.79 Å². The summed E-state index contributed by atoms with van der Waals surface area (Å²) >= 11 is 0. The second kappa shape index (κ2) is 7.07. The minimum atomic E-state index is -0.0405. The molecule has 84 valence electrons. The summed E-state index contributed by atoms with van der Waals surface area (Å²) in [4.78, 5) is 11.2. The number of halogens is 1. The monoisotopic (exact) mass is 221 g/mol. The van der Waals surface area contributed by atoms with Crippen molar-refractivity contribution in [1.82, 2.24) is 5.32 Å². The summed E-state index contributed by atoms with van der Waals surface area (Å²) in [6.45, 7) is 6.61. The Bertz CT molecular complexity index is 176. The molecule has 0 aromatic carbocycles. The van der Waals surface area contributed by atoms with Crippen LogP contribution in [0, 0.1) is 11.8 Å². The van der Waals surface area contributed by atoms with Gasteiger partial charge in [0.05, 0.1) is 6.61 Å². The molecule has 1 N–H and O–H groups in total. The maximum atomic E-state index is 11.2. The van der Waals surface area contributed by atoms with Crippen LogP contribution in [0.15, 0.2) is 0 Å². The predicted molar refractivity (Wildman–Crippen MR) is 58.6 cm³/mol. The lowest BCUT2D eigenvalue weighted by Crippen LogP contribution is -2.36. The third-order valence-corrected chi connectivity index (χ3v) is 2.70. The molecule has 14 heavy (non-hydrogen) atoms. The lowest BCUT2D eigenvalue weighted by atomic mass is 9.85. The van der Waals surface area contributed by atoms with Gasteiger partial charge in [-0.1, -0.05) is 6.92 Å². The lowest BCUT2D eigenvalue weighted by Gasteiger charge is -2.28. The first-order valence-corrected chi connectivity index (χ1v) is 5.10. The van der Waals surface area contributed by atoms with Crippen LogP contribution in [0.25, 0.3) is 0 Å². The minimum Gasteiger partial charge on any atom is -0.466 e. The normalized spacial score (nSPS) is 26.4. The molecule has 0 aromatic rings. The van der Waals surface area contributed by atoms with Crippen LogP contribution in [0.3, 0.4) is 0 Å². The molecule has 0 spiro atoms. The molecule has 0 radical (unpaired) electrons. The van der Waals surface area contributed by atoms with Crippen LogP contribution in [0.2, 0.25) is 0 Å². The maximum absolute atomic E-state index is 11.2. The fourth-order valence-electron chi connectivity index (χ4n) is 1.81. The van der Waals surface area contributed by atoms with Crippen molar-refractivity contribution in [2.75, 3.05) is 19.7 Å². The van der Waals surface area contributed by atoms with E-state index in [1.54, 1.807) is 0 Å². The third-order valence-electron chi connectivity index (χ3n) is 2.70. The van der Waals surface area contributed by atoms with Crippen molar-refractivity contribution in [1.29, 1.82) is 0 Å². The molecule has 0 bridgehead atoms. The molecule has 4 heteroatoms. The highest BCUT2D eigenvalue weighted by atomic mass is 35.5. The molecule has 1 heterocycles. The van der Waals surface area contributed by atoms with Gasteiger partial charge in [0.1, 0.15) is 0 Å². The van der Waals surface area contributed by atoms with Crippen molar-refractivity contribution < 1.29 is 9.53 Å². The molecule has 1 rings (SSSR count). The Balaban J connectivity index is 0.00000169. The average molecular weight is 222 g/mol. The smallest absolute Gasteiger partial charge is 0.306 e. The highest BCUT2D eigenvalue weighted by Gasteiger charge is 2.23. The molecule has 3 nitrogen and oxygen atoms in total. The van der Waals surface area contributed by atoms with Gasteiger partial charge in [-0.2, -0.15) is 0 Å². The largest absolute Gasteiger partial charge is 0.466 e. The van der Waals surface area contributed by atoms with E-state index in [0.29, 0.717) is 24.9 Å².